The van der Waals surface area contributed by atoms with Gasteiger partial charge in [-0.05, 0) is 26.0 Å². The van der Waals surface area contributed by atoms with Crippen LogP contribution in [0.1, 0.15) is 23.5 Å². The number of pyridine rings is 1. The number of rotatable bonds is 5. The second-order valence-corrected chi connectivity index (χ2v) is 5.47. The van der Waals surface area contributed by atoms with Gasteiger partial charge in [-0.2, -0.15) is 0 Å². The molecule has 0 radical (unpaired) electrons. The molecule has 2 aromatic rings. The molecule has 0 fully saturated rings. The number of anilines is 1. The second-order valence-electron chi connectivity index (χ2n) is 4.47. The van der Waals surface area contributed by atoms with Crippen molar-refractivity contribution in [3.63, 3.8) is 0 Å². The van der Waals surface area contributed by atoms with Gasteiger partial charge in [0.2, 0.25) is 5.91 Å². The van der Waals surface area contributed by atoms with Crippen LogP contribution in [-0.4, -0.2) is 41.3 Å². The van der Waals surface area contributed by atoms with Crippen LogP contribution in [-0.2, 0) is 4.79 Å². The Hall–Kier alpha value is -2.15. The molecule has 0 saturated carbocycles. The Balaban J connectivity index is 2.27. The van der Waals surface area contributed by atoms with Crippen LogP contribution in [0.5, 0.6) is 0 Å². The number of amides is 2. The fourth-order valence-electron chi connectivity index (χ4n) is 2.01. The summed E-state index contributed by atoms with van der Waals surface area (Å²) in [6.07, 6.45) is 1.67. The maximum Gasteiger partial charge on any atom is 0.266 e. The number of hydrogen-bond donors (Lipinski definition) is 2. The summed E-state index contributed by atoms with van der Waals surface area (Å²) in [6.45, 7) is 4.69. The lowest BCUT2D eigenvalue weighted by molar-refractivity contribution is -0.121. The molecule has 6 nitrogen and oxygen atoms in total. The van der Waals surface area contributed by atoms with Gasteiger partial charge >= 0.3 is 0 Å². The molecule has 7 heteroatoms. The van der Waals surface area contributed by atoms with Gasteiger partial charge in [0.05, 0.1) is 12.2 Å². The monoisotopic (exact) mass is 306 g/mol. The lowest BCUT2D eigenvalue weighted by atomic mass is 10.2. The zero-order valence-electron chi connectivity index (χ0n) is 12.0. The Morgan fingerprint density at radius 3 is 2.81 bits per heavy atom. The molecule has 0 aliphatic heterocycles. The zero-order chi connectivity index (χ0) is 15.4. The van der Waals surface area contributed by atoms with Gasteiger partial charge in [0, 0.05) is 24.7 Å². The number of likely N-dealkylation sites (N-methyl/N-ethyl adjacent to an activating group) is 2. The predicted octanol–water partition coefficient (Wildman–Crippen LogP) is 1.48. The van der Waals surface area contributed by atoms with Crippen LogP contribution >= 0.6 is 11.3 Å². The first kappa shape index (κ1) is 15.2. The van der Waals surface area contributed by atoms with Gasteiger partial charge in [0.1, 0.15) is 9.71 Å². The van der Waals surface area contributed by atoms with E-state index >= 15 is 0 Å². The minimum absolute atomic E-state index is 0.0320. The molecule has 2 rings (SSSR count). The molecule has 21 heavy (non-hydrogen) atoms. The molecular weight excluding hydrogens is 288 g/mol. The third kappa shape index (κ3) is 3.13. The highest BCUT2D eigenvalue weighted by Crippen LogP contribution is 2.32. The maximum atomic E-state index is 12.6. The Labute approximate surface area is 127 Å². The molecule has 2 amide bonds. The highest BCUT2D eigenvalue weighted by Gasteiger charge is 2.23. The molecule has 2 aromatic heterocycles. The average Bonchev–Trinajstić information content (AvgIpc) is 2.82. The van der Waals surface area contributed by atoms with Crippen molar-refractivity contribution in [3.8, 4) is 0 Å². The summed E-state index contributed by atoms with van der Waals surface area (Å²) in [6, 6.07) is 3.62. The summed E-state index contributed by atoms with van der Waals surface area (Å²) in [7, 11) is 0. The average molecular weight is 306 g/mol. The van der Waals surface area contributed by atoms with E-state index in [4.69, 9.17) is 5.73 Å². The van der Waals surface area contributed by atoms with E-state index in [2.05, 4.69) is 10.3 Å². The molecule has 0 aliphatic carbocycles. The molecule has 3 N–H and O–H groups in total. The standard InChI is InChI=1S/C14H18N4O2S/c1-3-16-10(19)8-18(4-2)14(20)12-11(15)9-6-5-7-17-13(9)21-12/h5-7H,3-4,8,15H2,1-2H3,(H,16,19). The van der Waals surface area contributed by atoms with Gasteiger partial charge in [-0.25, -0.2) is 4.98 Å². The number of nitrogens with one attached hydrogen (secondary N) is 1. The molecule has 0 atom stereocenters. The van der Waals surface area contributed by atoms with Crippen molar-refractivity contribution in [2.75, 3.05) is 25.4 Å². The Morgan fingerprint density at radius 1 is 1.43 bits per heavy atom. The van der Waals surface area contributed by atoms with E-state index in [0.29, 0.717) is 23.7 Å². The van der Waals surface area contributed by atoms with E-state index in [1.165, 1.54) is 16.2 Å². The number of nitrogens with two attached hydrogens (primary N) is 1. The fourth-order valence-corrected chi connectivity index (χ4v) is 3.04. The van der Waals surface area contributed by atoms with Gasteiger partial charge in [-0.15, -0.1) is 11.3 Å². The number of nitrogen functional groups attached to an aromatic ring is 1. The number of nitrogens with zero attached hydrogens (tertiary/aromatic N) is 2. The van der Waals surface area contributed by atoms with Crippen LogP contribution in [0.25, 0.3) is 10.2 Å². The molecule has 2 heterocycles. The van der Waals surface area contributed by atoms with Crippen molar-refractivity contribution in [2.45, 2.75) is 13.8 Å². The van der Waals surface area contributed by atoms with Crippen molar-refractivity contribution in [3.05, 3.63) is 23.2 Å². The van der Waals surface area contributed by atoms with Crippen molar-refractivity contribution in [1.29, 1.82) is 0 Å². The molecule has 0 spiro atoms. The smallest absolute Gasteiger partial charge is 0.266 e. The van der Waals surface area contributed by atoms with Crippen LogP contribution in [0.4, 0.5) is 5.69 Å². The molecule has 0 aromatic carbocycles. The number of aromatic nitrogens is 1. The fraction of sp³-hybridized carbons (Fsp3) is 0.357. The van der Waals surface area contributed by atoms with Gasteiger partial charge in [0.25, 0.3) is 5.91 Å². The predicted molar refractivity (Wildman–Crippen MR) is 84.3 cm³/mol. The third-order valence-corrected chi connectivity index (χ3v) is 4.19. The first-order valence-corrected chi connectivity index (χ1v) is 7.59. The van der Waals surface area contributed by atoms with Gasteiger partial charge in [0.15, 0.2) is 0 Å². The second kappa shape index (κ2) is 6.53. The molecule has 0 unspecified atom stereocenters. The van der Waals surface area contributed by atoms with E-state index in [1.54, 1.807) is 12.3 Å². The molecule has 0 saturated heterocycles. The minimum Gasteiger partial charge on any atom is -0.397 e. The Kier molecular flexibility index (Phi) is 4.74. The maximum absolute atomic E-state index is 12.6. The first-order valence-electron chi connectivity index (χ1n) is 6.77. The van der Waals surface area contributed by atoms with Gasteiger partial charge in [-0.3, -0.25) is 9.59 Å². The van der Waals surface area contributed by atoms with Gasteiger partial charge in [-0.1, -0.05) is 0 Å². The molecule has 112 valence electrons. The lowest BCUT2D eigenvalue weighted by Crippen LogP contribution is -2.40. The van der Waals surface area contributed by atoms with Crippen LogP contribution < -0.4 is 11.1 Å². The quantitative estimate of drug-likeness (QED) is 0.875. The highest BCUT2D eigenvalue weighted by molar-refractivity contribution is 7.21. The number of fused-ring (bicyclic) bond motifs is 1. The summed E-state index contributed by atoms with van der Waals surface area (Å²) in [5.74, 6) is -0.408. The third-order valence-electron chi connectivity index (χ3n) is 3.08. The van der Waals surface area contributed by atoms with E-state index in [0.717, 1.165) is 10.2 Å². The van der Waals surface area contributed by atoms with Crippen LogP contribution in [0, 0.1) is 0 Å². The number of carbonyl (C=O) groups excluding carboxylic acids is 2. The van der Waals surface area contributed by atoms with E-state index in [1.807, 2.05) is 19.9 Å². The number of thiophene rings is 1. The SMILES string of the molecule is CCNC(=O)CN(CC)C(=O)c1sc2ncccc2c1N. The van der Waals surface area contributed by atoms with Crippen LogP contribution in [0.2, 0.25) is 0 Å². The van der Waals surface area contributed by atoms with Crippen molar-refractivity contribution in [2.24, 2.45) is 0 Å². The summed E-state index contributed by atoms with van der Waals surface area (Å²) in [5.41, 5.74) is 6.48. The highest BCUT2D eigenvalue weighted by atomic mass is 32.1. The van der Waals surface area contributed by atoms with Gasteiger partial charge < -0.3 is 16.0 Å². The number of hydrogen-bond acceptors (Lipinski definition) is 5. The first-order chi connectivity index (χ1) is 10.1. The van der Waals surface area contributed by atoms with E-state index in [-0.39, 0.29) is 18.4 Å². The molecule has 0 aliphatic rings. The Morgan fingerprint density at radius 2 is 2.19 bits per heavy atom. The largest absolute Gasteiger partial charge is 0.397 e. The van der Waals surface area contributed by atoms with E-state index in [9.17, 15) is 9.59 Å². The Bertz CT molecular complexity index is 668. The van der Waals surface area contributed by atoms with Crippen molar-refractivity contribution in [1.82, 2.24) is 15.2 Å². The summed E-state index contributed by atoms with van der Waals surface area (Å²) >= 11 is 1.26. The van der Waals surface area contributed by atoms with Crippen molar-refractivity contribution >= 4 is 39.1 Å². The summed E-state index contributed by atoms with van der Waals surface area (Å²) in [4.78, 5) is 31.1. The van der Waals surface area contributed by atoms with E-state index < -0.39 is 0 Å². The summed E-state index contributed by atoms with van der Waals surface area (Å²) < 4.78 is 0. The van der Waals surface area contributed by atoms with Crippen LogP contribution in [0.3, 0.4) is 0 Å². The molecular formula is C14H18N4O2S. The normalized spacial score (nSPS) is 10.6. The zero-order valence-corrected chi connectivity index (χ0v) is 12.9. The summed E-state index contributed by atoms with van der Waals surface area (Å²) in [5, 5.41) is 3.46. The molecule has 0 bridgehead atoms. The van der Waals surface area contributed by atoms with Crippen LogP contribution in [0.15, 0.2) is 18.3 Å². The lowest BCUT2D eigenvalue weighted by Gasteiger charge is -2.19. The number of carbonyl (C=O) groups is 2. The minimum atomic E-state index is -0.232. The van der Waals surface area contributed by atoms with Crippen molar-refractivity contribution < 1.29 is 9.59 Å². The topological polar surface area (TPSA) is 88.3 Å².